The van der Waals surface area contributed by atoms with Crippen molar-refractivity contribution in [1.82, 2.24) is 14.9 Å². The number of benzene rings is 1. The standard InChI is InChI=1S/C13H15N3O2/c1-16-5-4-10(7-16)18-9-2-3-12-11(6-9)13(17)15-8-14-12/h2-3,6,8,10H,4-5,7H2,1H3,(H,14,15,17)/t10-/m0/s1. The molecule has 2 aromatic rings. The quantitative estimate of drug-likeness (QED) is 0.857. The first-order valence-corrected chi connectivity index (χ1v) is 6.05. The van der Waals surface area contributed by atoms with Crippen LogP contribution >= 0.6 is 0 Å². The molecule has 5 nitrogen and oxygen atoms in total. The van der Waals surface area contributed by atoms with Crippen LogP contribution in [0.5, 0.6) is 5.75 Å². The Morgan fingerprint density at radius 2 is 2.39 bits per heavy atom. The molecule has 2 heterocycles. The van der Waals surface area contributed by atoms with E-state index in [4.69, 9.17) is 4.74 Å². The number of hydrogen-bond donors (Lipinski definition) is 1. The van der Waals surface area contributed by atoms with E-state index in [1.165, 1.54) is 6.33 Å². The highest BCUT2D eigenvalue weighted by Gasteiger charge is 2.20. The number of nitrogens with zero attached hydrogens (tertiary/aromatic N) is 2. The Morgan fingerprint density at radius 1 is 1.50 bits per heavy atom. The van der Waals surface area contributed by atoms with Gasteiger partial charge in [0.25, 0.3) is 5.56 Å². The van der Waals surface area contributed by atoms with E-state index in [-0.39, 0.29) is 11.7 Å². The molecule has 0 radical (unpaired) electrons. The number of H-pyrrole nitrogens is 1. The van der Waals surface area contributed by atoms with Gasteiger partial charge in [-0.05, 0) is 31.7 Å². The number of ether oxygens (including phenoxy) is 1. The number of nitrogens with one attached hydrogen (secondary N) is 1. The minimum atomic E-state index is -0.131. The van der Waals surface area contributed by atoms with Gasteiger partial charge in [-0.3, -0.25) is 4.79 Å². The SMILES string of the molecule is CN1CC[C@H](Oc2ccc3nc[nH]c(=O)c3c2)C1. The van der Waals surface area contributed by atoms with Gasteiger partial charge < -0.3 is 14.6 Å². The van der Waals surface area contributed by atoms with Crippen LogP contribution in [0, 0.1) is 0 Å². The molecule has 1 atom stereocenters. The number of aromatic amines is 1. The maximum atomic E-state index is 11.7. The van der Waals surface area contributed by atoms with Gasteiger partial charge in [-0.2, -0.15) is 0 Å². The van der Waals surface area contributed by atoms with E-state index in [1.54, 1.807) is 6.07 Å². The Balaban J connectivity index is 1.89. The normalized spacial score (nSPS) is 20.4. The van der Waals surface area contributed by atoms with E-state index >= 15 is 0 Å². The summed E-state index contributed by atoms with van der Waals surface area (Å²) in [5.74, 6) is 0.737. The van der Waals surface area contributed by atoms with Gasteiger partial charge in [-0.1, -0.05) is 0 Å². The van der Waals surface area contributed by atoms with Gasteiger partial charge in [-0.15, -0.1) is 0 Å². The van der Waals surface area contributed by atoms with Gasteiger partial charge in [0, 0.05) is 13.1 Å². The van der Waals surface area contributed by atoms with E-state index in [0.717, 1.165) is 25.3 Å². The van der Waals surface area contributed by atoms with Crippen molar-refractivity contribution < 1.29 is 4.74 Å². The highest BCUT2D eigenvalue weighted by molar-refractivity contribution is 5.78. The lowest BCUT2D eigenvalue weighted by atomic mass is 10.2. The average molecular weight is 245 g/mol. The molecule has 1 aromatic carbocycles. The summed E-state index contributed by atoms with van der Waals surface area (Å²) < 4.78 is 5.89. The zero-order chi connectivity index (χ0) is 12.5. The highest BCUT2D eigenvalue weighted by atomic mass is 16.5. The smallest absolute Gasteiger partial charge is 0.258 e. The van der Waals surface area contributed by atoms with Gasteiger partial charge in [0.15, 0.2) is 0 Å². The molecule has 94 valence electrons. The Labute approximate surface area is 104 Å². The Kier molecular flexibility index (Phi) is 2.76. The molecular weight excluding hydrogens is 230 g/mol. The van der Waals surface area contributed by atoms with Crippen LogP contribution in [0.2, 0.25) is 0 Å². The number of hydrogen-bond acceptors (Lipinski definition) is 4. The molecular formula is C13H15N3O2. The Bertz CT molecular complexity index is 623. The fraction of sp³-hybridized carbons (Fsp3) is 0.385. The van der Waals surface area contributed by atoms with E-state index < -0.39 is 0 Å². The van der Waals surface area contributed by atoms with E-state index in [1.807, 2.05) is 12.1 Å². The third-order valence-electron chi connectivity index (χ3n) is 3.26. The minimum Gasteiger partial charge on any atom is -0.489 e. The van der Waals surface area contributed by atoms with E-state index in [0.29, 0.717) is 10.9 Å². The number of likely N-dealkylation sites (N-methyl/N-ethyl adjacent to an activating group) is 1. The van der Waals surface area contributed by atoms with Crippen molar-refractivity contribution in [2.24, 2.45) is 0 Å². The summed E-state index contributed by atoms with van der Waals surface area (Å²) in [4.78, 5) is 20.6. The first-order valence-electron chi connectivity index (χ1n) is 6.05. The highest BCUT2D eigenvalue weighted by Crippen LogP contribution is 2.20. The molecule has 3 rings (SSSR count). The van der Waals surface area contributed by atoms with Crippen molar-refractivity contribution in [3.63, 3.8) is 0 Å². The van der Waals surface area contributed by atoms with Gasteiger partial charge in [-0.25, -0.2) is 4.98 Å². The maximum Gasteiger partial charge on any atom is 0.258 e. The summed E-state index contributed by atoms with van der Waals surface area (Å²) in [5.41, 5.74) is 0.559. The van der Waals surface area contributed by atoms with Crippen molar-refractivity contribution in [2.45, 2.75) is 12.5 Å². The zero-order valence-corrected chi connectivity index (χ0v) is 10.2. The maximum absolute atomic E-state index is 11.7. The van der Waals surface area contributed by atoms with Gasteiger partial charge in [0.2, 0.25) is 0 Å². The Hall–Kier alpha value is -1.88. The fourth-order valence-electron chi connectivity index (χ4n) is 2.30. The van der Waals surface area contributed by atoms with Crippen LogP contribution in [-0.2, 0) is 0 Å². The van der Waals surface area contributed by atoms with Crippen LogP contribution in [0.4, 0.5) is 0 Å². The van der Waals surface area contributed by atoms with Crippen LogP contribution in [0.25, 0.3) is 10.9 Å². The lowest BCUT2D eigenvalue weighted by molar-refractivity contribution is 0.208. The zero-order valence-electron chi connectivity index (χ0n) is 10.2. The van der Waals surface area contributed by atoms with E-state index in [2.05, 4.69) is 21.9 Å². The van der Waals surface area contributed by atoms with Crippen molar-refractivity contribution in [3.8, 4) is 5.75 Å². The van der Waals surface area contributed by atoms with Gasteiger partial charge in [0.05, 0.1) is 17.2 Å². The van der Waals surface area contributed by atoms with Crippen LogP contribution < -0.4 is 10.3 Å². The number of likely N-dealkylation sites (tertiary alicyclic amines) is 1. The Morgan fingerprint density at radius 3 is 3.17 bits per heavy atom. The monoisotopic (exact) mass is 245 g/mol. The second-order valence-electron chi connectivity index (χ2n) is 4.70. The molecule has 1 aliphatic heterocycles. The summed E-state index contributed by atoms with van der Waals surface area (Å²) in [6.07, 6.45) is 2.65. The molecule has 1 N–H and O–H groups in total. The van der Waals surface area contributed by atoms with Crippen molar-refractivity contribution in [2.75, 3.05) is 20.1 Å². The van der Waals surface area contributed by atoms with Crippen LogP contribution in [0.3, 0.4) is 0 Å². The minimum absolute atomic E-state index is 0.131. The molecule has 5 heteroatoms. The molecule has 0 amide bonds. The van der Waals surface area contributed by atoms with Gasteiger partial charge in [0.1, 0.15) is 11.9 Å². The average Bonchev–Trinajstić information content (AvgIpc) is 2.76. The molecule has 1 fully saturated rings. The molecule has 1 aliphatic rings. The van der Waals surface area contributed by atoms with Gasteiger partial charge >= 0.3 is 0 Å². The molecule has 0 spiro atoms. The third-order valence-corrected chi connectivity index (χ3v) is 3.26. The summed E-state index contributed by atoms with van der Waals surface area (Å²) in [6, 6.07) is 5.45. The summed E-state index contributed by atoms with van der Waals surface area (Å²) in [7, 11) is 2.08. The second kappa shape index (κ2) is 4.42. The predicted octanol–water partition coefficient (Wildman–Crippen LogP) is 1.01. The van der Waals surface area contributed by atoms with E-state index in [9.17, 15) is 4.79 Å². The lowest BCUT2D eigenvalue weighted by Gasteiger charge is -2.13. The fourth-order valence-corrected chi connectivity index (χ4v) is 2.30. The van der Waals surface area contributed by atoms with Crippen LogP contribution in [-0.4, -0.2) is 41.1 Å². The topological polar surface area (TPSA) is 58.2 Å². The largest absolute Gasteiger partial charge is 0.489 e. The first kappa shape index (κ1) is 11.2. The van der Waals surface area contributed by atoms with Crippen molar-refractivity contribution in [3.05, 3.63) is 34.9 Å². The van der Waals surface area contributed by atoms with Crippen molar-refractivity contribution in [1.29, 1.82) is 0 Å². The molecule has 1 saturated heterocycles. The second-order valence-corrected chi connectivity index (χ2v) is 4.70. The summed E-state index contributed by atoms with van der Waals surface area (Å²) >= 11 is 0. The molecule has 18 heavy (non-hydrogen) atoms. The molecule has 0 aliphatic carbocycles. The molecule has 0 bridgehead atoms. The summed E-state index contributed by atoms with van der Waals surface area (Å²) in [5, 5.41) is 0.571. The summed E-state index contributed by atoms with van der Waals surface area (Å²) in [6.45, 7) is 1.99. The number of fused-ring (bicyclic) bond motifs is 1. The number of rotatable bonds is 2. The predicted molar refractivity (Wildman–Crippen MR) is 68.9 cm³/mol. The van der Waals surface area contributed by atoms with Crippen LogP contribution in [0.15, 0.2) is 29.3 Å². The molecule has 0 unspecified atom stereocenters. The molecule has 1 aromatic heterocycles. The van der Waals surface area contributed by atoms with Crippen molar-refractivity contribution >= 4 is 10.9 Å². The third kappa shape index (κ3) is 2.09. The molecule has 0 saturated carbocycles. The first-order chi connectivity index (χ1) is 8.72. The van der Waals surface area contributed by atoms with Crippen LogP contribution in [0.1, 0.15) is 6.42 Å². The number of aromatic nitrogens is 2. The lowest BCUT2D eigenvalue weighted by Crippen LogP contribution is -2.21.